The van der Waals surface area contributed by atoms with E-state index >= 15 is 0 Å². The van der Waals surface area contributed by atoms with E-state index in [1.807, 2.05) is 48.5 Å². The van der Waals surface area contributed by atoms with Gasteiger partial charge in [-0.1, -0.05) is 22.0 Å². The van der Waals surface area contributed by atoms with E-state index in [0.29, 0.717) is 5.95 Å². The van der Waals surface area contributed by atoms with Gasteiger partial charge in [0.15, 0.2) is 0 Å². The predicted molar refractivity (Wildman–Crippen MR) is 100 cm³/mol. The van der Waals surface area contributed by atoms with Crippen LogP contribution in [0, 0.1) is 6.92 Å². The van der Waals surface area contributed by atoms with Gasteiger partial charge in [0.25, 0.3) is 0 Å². The molecule has 1 aromatic heterocycles. The van der Waals surface area contributed by atoms with Crippen LogP contribution in [0.4, 0.5) is 23.1 Å². The molecule has 0 radical (unpaired) electrons. The van der Waals surface area contributed by atoms with Gasteiger partial charge in [-0.15, -0.1) is 0 Å². The molecule has 0 aliphatic carbocycles. The molecule has 1 heterocycles. The van der Waals surface area contributed by atoms with E-state index in [1.165, 1.54) is 5.56 Å². The third-order valence-corrected chi connectivity index (χ3v) is 4.30. The van der Waals surface area contributed by atoms with Gasteiger partial charge in [0.1, 0.15) is 11.6 Å². The zero-order chi connectivity index (χ0) is 16.9. The van der Waals surface area contributed by atoms with Crippen LogP contribution in [0.25, 0.3) is 0 Å². The van der Waals surface area contributed by atoms with E-state index < -0.39 is 0 Å². The fraction of sp³-hybridized carbons (Fsp3) is 0.111. The second kappa shape index (κ2) is 7.31. The van der Waals surface area contributed by atoms with Crippen molar-refractivity contribution in [3.63, 3.8) is 0 Å². The molecule has 0 atom stereocenters. The molecule has 0 spiro atoms. The molecule has 0 fully saturated rings. The van der Waals surface area contributed by atoms with Gasteiger partial charge in [0.2, 0.25) is 5.95 Å². The van der Waals surface area contributed by atoms with E-state index in [9.17, 15) is 0 Å². The Morgan fingerprint density at radius 1 is 0.958 bits per heavy atom. The molecule has 5 nitrogen and oxygen atoms in total. The fourth-order valence-electron chi connectivity index (χ4n) is 2.11. The highest BCUT2D eigenvalue weighted by Crippen LogP contribution is 2.23. The minimum absolute atomic E-state index is 0.524. The van der Waals surface area contributed by atoms with Crippen LogP contribution >= 0.6 is 15.9 Å². The van der Waals surface area contributed by atoms with Crippen LogP contribution < -0.4 is 15.4 Å². The summed E-state index contributed by atoms with van der Waals surface area (Å²) in [5, 5.41) is 6.45. The molecule has 24 heavy (non-hydrogen) atoms. The highest BCUT2D eigenvalue weighted by atomic mass is 79.9. The topological polar surface area (TPSA) is 59.1 Å². The quantitative estimate of drug-likeness (QED) is 0.644. The Hall–Kier alpha value is -2.60. The van der Waals surface area contributed by atoms with Crippen molar-refractivity contribution in [3.8, 4) is 5.75 Å². The molecule has 0 aliphatic heterocycles. The average molecular weight is 385 g/mol. The molecule has 2 N–H and O–H groups in total. The molecule has 3 rings (SSSR count). The van der Waals surface area contributed by atoms with Crippen molar-refractivity contribution in [3.05, 3.63) is 64.8 Å². The molecule has 6 heteroatoms. The summed E-state index contributed by atoms with van der Waals surface area (Å²) in [6.07, 6.45) is 1.71. The minimum atomic E-state index is 0.524. The van der Waals surface area contributed by atoms with E-state index in [-0.39, 0.29) is 0 Å². The minimum Gasteiger partial charge on any atom is -0.497 e. The van der Waals surface area contributed by atoms with Crippen molar-refractivity contribution in [2.75, 3.05) is 17.7 Å². The van der Waals surface area contributed by atoms with Crippen molar-refractivity contribution in [2.45, 2.75) is 6.92 Å². The maximum atomic E-state index is 5.15. The highest BCUT2D eigenvalue weighted by molar-refractivity contribution is 9.10. The summed E-state index contributed by atoms with van der Waals surface area (Å²) in [7, 11) is 1.64. The Morgan fingerprint density at radius 3 is 2.42 bits per heavy atom. The molecule has 2 aromatic carbocycles. The normalized spacial score (nSPS) is 10.3. The first-order valence-electron chi connectivity index (χ1n) is 7.41. The summed E-state index contributed by atoms with van der Waals surface area (Å²) in [6, 6.07) is 15.5. The number of ether oxygens (including phenoxy) is 1. The van der Waals surface area contributed by atoms with Gasteiger partial charge < -0.3 is 15.4 Å². The molecule has 0 saturated carbocycles. The standard InChI is InChI=1S/C18H17BrN4O/c1-12-3-4-14(11-16(12)19)21-17-9-10-20-18(23-17)22-13-5-7-15(24-2)8-6-13/h3-11H,1-2H3,(H2,20,21,22,23). The van der Waals surface area contributed by atoms with Crippen LogP contribution in [0.2, 0.25) is 0 Å². The summed E-state index contributed by atoms with van der Waals surface area (Å²) in [5.41, 5.74) is 3.04. The lowest BCUT2D eigenvalue weighted by Gasteiger charge is -2.10. The number of halogens is 1. The average Bonchev–Trinajstić information content (AvgIpc) is 2.59. The van der Waals surface area contributed by atoms with Crippen LogP contribution in [-0.4, -0.2) is 17.1 Å². The SMILES string of the molecule is COc1ccc(Nc2nccc(Nc3ccc(C)c(Br)c3)n2)cc1. The monoisotopic (exact) mass is 384 g/mol. The molecular weight excluding hydrogens is 368 g/mol. The zero-order valence-corrected chi connectivity index (χ0v) is 15.0. The number of hydrogen-bond donors (Lipinski definition) is 2. The van der Waals surface area contributed by atoms with Crippen LogP contribution in [0.1, 0.15) is 5.56 Å². The first-order valence-corrected chi connectivity index (χ1v) is 8.20. The second-order valence-electron chi connectivity index (χ2n) is 5.21. The number of nitrogens with zero attached hydrogens (tertiary/aromatic N) is 2. The Kier molecular flexibility index (Phi) is 4.96. The Bertz CT molecular complexity index is 837. The smallest absolute Gasteiger partial charge is 0.229 e. The Balaban J connectivity index is 1.74. The Labute approximate surface area is 149 Å². The number of rotatable bonds is 5. The summed E-state index contributed by atoms with van der Waals surface area (Å²) >= 11 is 3.53. The summed E-state index contributed by atoms with van der Waals surface area (Å²) in [4.78, 5) is 8.73. The molecule has 3 aromatic rings. The van der Waals surface area contributed by atoms with Crippen LogP contribution in [0.15, 0.2) is 59.2 Å². The first-order chi connectivity index (χ1) is 11.6. The van der Waals surface area contributed by atoms with Crippen molar-refractivity contribution >= 4 is 39.1 Å². The Morgan fingerprint density at radius 2 is 1.71 bits per heavy atom. The summed E-state index contributed by atoms with van der Waals surface area (Å²) < 4.78 is 6.20. The number of benzene rings is 2. The predicted octanol–water partition coefficient (Wildman–Crippen LogP) is 5.04. The lowest BCUT2D eigenvalue weighted by atomic mass is 10.2. The van der Waals surface area contributed by atoms with Crippen LogP contribution in [-0.2, 0) is 0 Å². The lowest BCUT2D eigenvalue weighted by molar-refractivity contribution is 0.415. The molecule has 122 valence electrons. The number of hydrogen-bond acceptors (Lipinski definition) is 5. The number of aryl methyl sites for hydroxylation is 1. The van der Waals surface area contributed by atoms with Crippen molar-refractivity contribution in [1.29, 1.82) is 0 Å². The van der Waals surface area contributed by atoms with Crippen molar-refractivity contribution < 1.29 is 4.74 Å². The van der Waals surface area contributed by atoms with Gasteiger partial charge in [-0.25, -0.2) is 4.98 Å². The van der Waals surface area contributed by atoms with Crippen LogP contribution in [0.5, 0.6) is 5.75 Å². The van der Waals surface area contributed by atoms with Gasteiger partial charge in [0, 0.05) is 22.0 Å². The maximum absolute atomic E-state index is 5.15. The lowest BCUT2D eigenvalue weighted by Crippen LogP contribution is -2.00. The summed E-state index contributed by atoms with van der Waals surface area (Å²) in [5.74, 6) is 2.05. The highest BCUT2D eigenvalue weighted by Gasteiger charge is 2.03. The molecule has 0 unspecified atom stereocenters. The molecular formula is C18H17BrN4O. The van der Waals surface area contributed by atoms with Gasteiger partial charge in [0.05, 0.1) is 7.11 Å². The maximum Gasteiger partial charge on any atom is 0.229 e. The second-order valence-corrected chi connectivity index (χ2v) is 6.06. The first kappa shape index (κ1) is 16.3. The molecule has 0 bridgehead atoms. The number of nitrogens with one attached hydrogen (secondary N) is 2. The van der Waals surface area contributed by atoms with Gasteiger partial charge >= 0.3 is 0 Å². The van der Waals surface area contributed by atoms with E-state index in [4.69, 9.17) is 4.74 Å². The van der Waals surface area contributed by atoms with Gasteiger partial charge in [-0.3, -0.25) is 0 Å². The number of aromatic nitrogens is 2. The summed E-state index contributed by atoms with van der Waals surface area (Å²) in [6.45, 7) is 2.05. The fourth-order valence-corrected chi connectivity index (χ4v) is 2.49. The third-order valence-electron chi connectivity index (χ3n) is 3.45. The van der Waals surface area contributed by atoms with Crippen molar-refractivity contribution in [2.24, 2.45) is 0 Å². The van der Waals surface area contributed by atoms with Gasteiger partial charge in [-0.05, 0) is 55.0 Å². The van der Waals surface area contributed by atoms with Crippen molar-refractivity contribution in [1.82, 2.24) is 9.97 Å². The number of methoxy groups -OCH3 is 1. The third kappa shape index (κ3) is 4.02. The molecule has 0 saturated heterocycles. The van der Waals surface area contributed by atoms with Gasteiger partial charge in [-0.2, -0.15) is 4.98 Å². The largest absolute Gasteiger partial charge is 0.497 e. The van der Waals surface area contributed by atoms with Crippen LogP contribution in [0.3, 0.4) is 0 Å². The zero-order valence-electron chi connectivity index (χ0n) is 13.4. The van der Waals surface area contributed by atoms with E-state index in [2.05, 4.69) is 43.5 Å². The molecule has 0 amide bonds. The number of anilines is 4. The van der Waals surface area contributed by atoms with E-state index in [1.54, 1.807) is 13.3 Å². The van der Waals surface area contributed by atoms with E-state index in [0.717, 1.165) is 27.4 Å². The molecule has 0 aliphatic rings.